The van der Waals surface area contributed by atoms with Gasteiger partial charge in [-0.1, -0.05) is 43.8 Å². The number of rotatable bonds is 10. The van der Waals surface area contributed by atoms with Gasteiger partial charge in [0.25, 0.3) is 0 Å². The van der Waals surface area contributed by atoms with Crippen molar-refractivity contribution < 1.29 is 13.2 Å². The van der Waals surface area contributed by atoms with Gasteiger partial charge >= 0.3 is 0 Å². The standard InChI is InChI=1S/C21H26N4O3S2/c1-3-25(4-2)30(27,28)17-9-10-21(24-14-17)29-15-20(26)22-12-11-16-13-23-19-8-6-5-7-18(16)19/h5-10,13-14,23H,3-4,11-12,15H2,1-2H3,(H,22,26). The summed E-state index contributed by atoms with van der Waals surface area (Å²) in [5.41, 5.74) is 2.26. The smallest absolute Gasteiger partial charge is 0.244 e. The molecule has 3 rings (SSSR count). The third kappa shape index (κ3) is 5.21. The van der Waals surface area contributed by atoms with Crippen LogP contribution in [0.1, 0.15) is 19.4 Å². The summed E-state index contributed by atoms with van der Waals surface area (Å²) in [5.74, 6) is 0.143. The molecule has 2 heterocycles. The van der Waals surface area contributed by atoms with E-state index in [4.69, 9.17) is 0 Å². The summed E-state index contributed by atoms with van der Waals surface area (Å²) in [6, 6.07) is 11.3. The second-order valence-electron chi connectivity index (χ2n) is 6.67. The molecule has 160 valence electrons. The number of carbonyl (C=O) groups excluding carboxylic acids is 1. The monoisotopic (exact) mass is 446 g/mol. The molecule has 2 N–H and O–H groups in total. The summed E-state index contributed by atoms with van der Waals surface area (Å²) in [5, 5.41) is 4.70. The number of aromatic nitrogens is 2. The van der Waals surface area contributed by atoms with Gasteiger partial charge in [-0.25, -0.2) is 13.4 Å². The normalized spacial score (nSPS) is 11.8. The van der Waals surface area contributed by atoms with Gasteiger partial charge in [0.05, 0.1) is 10.8 Å². The topological polar surface area (TPSA) is 95.2 Å². The maximum absolute atomic E-state index is 12.5. The van der Waals surface area contributed by atoms with Gasteiger partial charge in [0, 0.05) is 42.9 Å². The molecule has 3 aromatic rings. The number of pyridine rings is 1. The second kappa shape index (κ2) is 10.1. The molecule has 0 aliphatic carbocycles. The Kier molecular flexibility index (Phi) is 7.52. The maximum atomic E-state index is 12.5. The van der Waals surface area contributed by atoms with Crippen molar-refractivity contribution in [2.24, 2.45) is 0 Å². The van der Waals surface area contributed by atoms with E-state index in [2.05, 4.69) is 21.4 Å². The predicted octanol–water partition coefficient (Wildman–Crippen LogP) is 3.04. The SMILES string of the molecule is CCN(CC)S(=O)(=O)c1ccc(SCC(=O)NCCc2c[nH]c3ccccc23)nc1. The molecule has 0 bridgehead atoms. The van der Waals surface area contributed by atoms with Gasteiger partial charge in [0.15, 0.2) is 0 Å². The number of hydrogen-bond donors (Lipinski definition) is 2. The minimum absolute atomic E-state index is 0.0820. The number of thioether (sulfide) groups is 1. The van der Waals surface area contributed by atoms with Crippen LogP contribution in [0.3, 0.4) is 0 Å². The molecule has 0 atom stereocenters. The van der Waals surface area contributed by atoms with E-state index in [1.807, 2.05) is 24.4 Å². The first-order chi connectivity index (χ1) is 14.5. The fourth-order valence-corrected chi connectivity index (χ4v) is 5.26. The number of amides is 1. The summed E-state index contributed by atoms with van der Waals surface area (Å²) >= 11 is 1.28. The van der Waals surface area contributed by atoms with E-state index in [9.17, 15) is 13.2 Å². The van der Waals surface area contributed by atoms with Gasteiger partial charge in [-0.15, -0.1) is 0 Å². The summed E-state index contributed by atoms with van der Waals surface area (Å²) in [4.78, 5) is 19.7. The van der Waals surface area contributed by atoms with Crippen molar-refractivity contribution in [1.82, 2.24) is 19.6 Å². The quantitative estimate of drug-likeness (QED) is 0.467. The lowest BCUT2D eigenvalue weighted by atomic mass is 10.1. The number of sulfonamides is 1. The van der Waals surface area contributed by atoms with Crippen LogP contribution in [-0.4, -0.2) is 54.0 Å². The van der Waals surface area contributed by atoms with Crippen molar-refractivity contribution in [3.8, 4) is 0 Å². The van der Waals surface area contributed by atoms with Crippen LogP contribution in [0, 0.1) is 0 Å². The predicted molar refractivity (Wildman–Crippen MR) is 120 cm³/mol. The minimum atomic E-state index is -3.52. The Morgan fingerprint density at radius 3 is 2.63 bits per heavy atom. The molecule has 0 fully saturated rings. The van der Waals surface area contributed by atoms with Gasteiger partial charge < -0.3 is 10.3 Å². The molecule has 1 aromatic carbocycles. The van der Waals surface area contributed by atoms with Gasteiger partial charge in [0.1, 0.15) is 4.90 Å². The molecular weight excluding hydrogens is 420 g/mol. The molecule has 0 saturated carbocycles. The zero-order chi connectivity index (χ0) is 21.6. The van der Waals surface area contributed by atoms with E-state index in [0.29, 0.717) is 24.7 Å². The Morgan fingerprint density at radius 2 is 1.93 bits per heavy atom. The van der Waals surface area contributed by atoms with Crippen molar-refractivity contribution in [3.05, 3.63) is 54.4 Å². The minimum Gasteiger partial charge on any atom is -0.361 e. The largest absolute Gasteiger partial charge is 0.361 e. The van der Waals surface area contributed by atoms with Crippen LogP contribution >= 0.6 is 11.8 Å². The Hall–Kier alpha value is -2.36. The summed E-state index contributed by atoms with van der Waals surface area (Å²) in [7, 11) is -3.52. The molecule has 0 saturated heterocycles. The van der Waals surface area contributed by atoms with Crippen LogP contribution in [0.4, 0.5) is 0 Å². The van der Waals surface area contributed by atoms with Crippen LogP contribution < -0.4 is 5.32 Å². The molecular formula is C21H26N4O3S2. The Morgan fingerprint density at radius 1 is 1.17 bits per heavy atom. The Labute approximate surface area is 181 Å². The lowest BCUT2D eigenvalue weighted by molar-refractivity contribution is -0.118. The number of nitrogens with one attached hydrogen (secondary N) is 2. The number of fused-ring (bicyclic) bond motifs is 1. The highest BCUT2D eigenvalue weighted by Gasteiger charge is 2.21. The highest BCUT2D eigenvalue weighted by molar-refractivity contribution is 7.99. The van der Waals surface area contributed by atoms with Crippen LogP contribution in [0.2, 0.25) is 0 Å². The molecule has 2 aromatic heterocycles. The molecule has 0 radical (unpaired) electrons. The van der Waals surface area contributed by atoms with Gasteiger partial charge in [0.2, 0.25) is 15.9 Å². The molecule has 0 aliphatic rings. The Balaban J connectivity index is 1.48. The van der Waals surface area contributed by atoms with E-state index < -0.39 is 10.0 Å². The zero-order valence-electron chi connectivity index (χ0n) is 17.1. The molecule has 1 amide bonds. The van der Waals surface area contributed by atoms with Crippen molar-refractivity contribution >= 4 is 38.6 Å². The maximum Gasteiger partial charge on any atom is 0.244 e. The van der Waals surface area contributed by atoms with E-state index >= 15 is 0 Å². The van der Waals surface area contributed by atoms with Gasteiger partial charge in [-0.3, -0.25) is 4.79 Å². The highest BCUT2D eigenvalue weighted by atomic mass is 32.2. The van der Waals surface area contributed by atoms with Crippen molar-refractivity contribution in [1.29, 1.82) is 0 Å². The van der Waals surface area contributed by atoms with E-state index in [-0.39, 0.29) is 16.6 Å². The number of H-pyrrole nitrogens is 1. The van der Waals surface area contributed by atoms with E-state index in [1.54, 1.807) is 19.9 Å². The average molecular weight is 447 g/mol. The Bertz CT molecular complexity index is 1090. The van der Waals surface area contributed by atoms with E-state index in [0.717, 1.165) is 11.9 Å². The van der Waals surface area contributed by atoms with Crippen LogP contribution in [0.25, 0.3) is 10.9 Å². The lowest BCUT2D eigenvalue weighted by Gasteiger charge is -2.18. The zero-order valence-corrected chi connectivity index (χ0v) is 18.7. The molecule has 0 aliphatic heterocycles. The fourth-order valence-electron chi connectivity index (χ4n) is 3.18. The molecule has 0 unspecified atom stereocenters. The summed E-state index contributed by atoms with van der Waals surface area (Å²) in [6.07, 6.45) is 4.07. The molecule has 7 nitrogen and oxygen atoms in total. The highest BCUT2D eigenvalue weighted by Crippen LogP contribution is 2.20. The van der Waals surface area contributed by atoms with Crippen LogP contribution in [-0.2, 0) is 21.2 Å². The van der Waals surface area contributed by atoms with E-state index in [1.165, 1.54) is 39.3 Å². The molecule has 0 spiro atoms. The van der Waals surface area contributed by atoms with Crippen LogP contribution in [0.5, 0.6) is 0 Å². The number of hydrogen-bond acceptors (Lipinski definition) is 5. The first-order valence-corrected chi connectivity index (χ1v) is 12.3. The van der Waals surface area contributed by atoms with Gasteiger partial charge in [-0.05, 0) is 30.2 Å². The number of para-hydroxylation sites is 1. The molecule has 9 heteroatoms. The number of benzene rings is 1. The first-order valence-electron chi connectivity index (χ1n) is 9.86. The van der Waals surface area contributed by atoms with Crippen molar-refractivity contribution in [2.75, 3.05) is 25.4 Å². The lowest BCUT2D eigenvalue weighted by Crippen LogP contribution is -2.30. The second-order valence-corrected chi connectivity index (χ2v) is 9.60. The average Bonchev–Trinajstić information content (AvgIpc) is 3.16. The summed E-state index contributed by atoms with van der Waals surface area (Å²) < 4.78 is 26.4. The number of carbonyl (C=O) groups is 1. The number of nitrogens with zero attached hydrogens (tertiary/aromatic N) is 2. The van der Waals surface area contributed by atoms with Crippen molar-refractivity contribution in [2.45, 2.75) is 30.2 Å². The third-order valence-electron chi connectivity index (χ3n) is 4.79. The van der Waals surface area contributed by atoms with Crippen molar-refractivity contribution in [3.63, 3.8) is 0 Å². The summed E-state index contributed by atoms with van der Waals surface area (Å²) in [6.45, 7) is 4.98. The first kappa shape index (κ1) is 22.3. The fraction of sp³-hybridized carbons (Fsp3) is 0.333. The van der Waals surface area contributed by atoms with Crippen LogP contribution in [0.15, 0.2) is 58.7 Å². The number of aromatic amines is 1. The third-order valence-corrected chi connectivity index (χ3v) is 7.77. The molecule has 30 heavy (non-hydrogen) atoms. The van der Waals surface area contributed by atoms with Gasteiger partial charge in [-0.2, -0.15) is 4.31 Å².